The van der Waals surface area contributed by atoms with E-state index < -0.39 is 0 Å². The quantitative estimate of drug-likeness (QED) is 0.813. The molecule has 4 heteroatoms. The molecule has 2 saturated heterocycles. The molecule has 2 aliphatic rings. The number of carbonyl (C=O) groups excluding carboxylic acids is 1. The first-order valence-electron chi connectivity index (χ1n) is 7.04. The van der Waals surface area contributed by atoms with Gasteiger partial charge in [-0.15, -0.1) is 0 Å². The summed E-state index contributed by atoms with van der Waals surface area (Å²) in [5, 5.41) is 3.07. The van der Waals surface area contributed by atoms with Gasteiger partial charge in [0.1, 0.15) is 0 Å². The predicted molar refractivity (Wildman–Crippen MR) is 69.1 cm³/mol. The molecule has 2 amide bonds. The fourth-order valence-electron chi connectivity index (χ4n) is 2.76. The lowest BCUT2D eigenvalue weighted by atomic mass is 10.1. The van der Waals surface area contributed by atoms with Crippen molar-refractivity contribution in [2.24, 2.45) is 0 Å². The first-order valence-corrected chi connectivity index (χ1v) is 7.04. The Balaban J connectivity index is 1.67. The van der Waals surface area contributed by atoms with E-state index in [1.54, 1.807) is 0 Å². The molecule has 0 bridgehead atoms. The number of piperidine rings is 1. The van der Waals surface area contributed by atoms with E-state index in [0.717, 1.165) is 32.5 Å². The maximum Gasteiger partial charge on any atom is 0.317 e. The molecule has 0 radical (unpaired) electrons. The van der Waals surface area contributed by atoms with E-state index in [1.165, 1.54) is 32.4 Å². The number of hydrogen-bond donors (Lipinski definition) is 1. The van der Waals surface area contributed by atoms with E-state index in [9.17, 15) is 4.79 Å². The van der Waals surface area contributed by atoms with Crippen LogP contribution in [0.5, 0.6) is 0 Å². The number of rotatable bonds is 3. The molecule has 1 atom stereocenters. The van der Waals surface area contributed by atoms with Gasteiger partial charge in [-0.2, -0.15) is 0 Å². The van der Waals surface area contributed by atoms with Gasteiger partial charge in [-0.25, -0.2) is 4.79 Å². The molecule has 1 unspecified atom stereocenters. The largest absolute Gasteiger partial charge is 0.336 e. The van der Waals surface area contributed by atoms with Crippen molar-refractivity contribution in [2.45, 2.75) is 45.1 Å². The molecule has 0 aromatic rings. The Kier molecular flexibility index (Phi) is 4.66. The maximum absolute atomic E-state index is 11.9. The highest BCUT2D eigenvalue weighted by atomic mass is 16.2. The Labute approximate surface area is 104 Å². The number of carbonyl (C=O) groups is 1. The Hall–Kier alpha value is -0.770. The van der Waals surface area contributed by atoms with Gasteiger partial charge >= 0.3 is 6.03 Å². The third-order valence-electron chi connectivity index (χ3n) is 3.96. The molecular formula is C13H25N3O. The predicted octanol–water partition coefficient (Wildman–Crippen LogP) is 1.67. The molecule has 17 heavy (non-hydrogen) atoms. The Morgan fingerprint density at radius 1 is 1.06 bits per heavy atom. The third-order valence-corrected chi connectivity index (χ3v) is 3.96. The lowest BCUT2D eigenvalue weighted by molar-refractivity contribution is 0.180. The molecule has 0 aliphatic carbocycles. The van der Waals surface area contributed by atoms with Crippen molar-refractivity contribution in [1.82, 2.24) is 15.1 Å². The Morgan fingerprint density at radius 3 is 2.29 bits per heavy atom. The highest BCUT2D eigenvalue weighted by Crippen LogP contribution is 2.11. The minimum atomic E-state index is 0.135. The van der Waals surface area contributed by atoms with Crippen molar-refractivity contribution >= 4 is 6.03 Å². The van der Waals surface area contributed by atoms with Crippen LogP contribution >= 0.6 is 0 Å². The third kappa shape index (κ3) is 3.60. The molecule has 2 fully saturated rings. The van der Waals surface area contributed by atoms with Crippen LogP contribution in [-0.4, -0.2) is 54.6 Å². The standard InChI is InChI=1S/C13H25N3O/c1-12(15-7-5-6-8-15)11-14-13(17)16-9-3-2-4-10-16/h12H,2-11H2,1H3,(H,14,17). The number of nitrogens with zero attached hydrogens (tertiary/aromatic N) is 2. The first-order chi connectivity index (χ1) is 8.27. The van der Waals surface area contributed by atoms with Crippen LogP contribution in [0.25, 0.3) is 0 Å². The minimum absolute atomic E-state index is 0.135. The van der Waals surface area contributed by atoms with Crippen molar-refractivity contribution in [3.8, 4) is 0 Å². The summed E-state index contributed by atoms with van der Waals surface area (Å²) in [5.41, 5.74) is 0. The van der Waals surface area contributed by atoms with Crippen LogP contribution < -0.4 is 5.32 Å². The fraction of sp³-hybridized carbons (Fsp3) is 0.923. The van der Waals surface area contributed by atoms with E-state index in [-0.39, 0.29) is 6.03 Å². The van der Waals surface area contributed by atoms with E-state index in [2.05, 4.69) is 17.1 Å². The maximum atomic E-state index is 11.9. The monoisotopic (exact) mass is 239 g/mol. The summed E-state index contributed by atoms with van der Waals surface area (Å²) in [6, 6.07) is 0.613. The molecule has 4 nitrogen and oxygen atoms in total. The summed E-state index contributed by atoms with van der Waals surface area (Å²) in [5.74, 6) is 0. The van der Waals surface area contributed by atoms with Crippen molar-refractivity contribution in [2.75, 3.05) is 32.7 Å². The van der Waals surface area contributed by atoms with E-state index in [1.807, 2.05) is 4.90 Å². The van der Waals surface area contributed by atoms with Crippen LogP contribution in [0, 0.1) is 0 Å². The molecule has 1 N–H and O–H groups in total. The summed E-state index contributed by atoms with van der Waals surface area (Å²) in [6.07, 6.45) is 6.22. The lowest BCUT2D eigenvalue weighted by Gasteiger charge is -2.29. The Morgan fingerprint density at radius 2 is 1.65 bits per heavy atom. The number of hydrogen-bond acceptors (Lipinski definition) is 2. The smallest absolute Gasteiger partial charge is 0.317 e. The van der Waals surface area contributed by atoms with Crippen LogP contribution in [0.15, 0.2) is 0 Å². The average Bonchev–Trinajstić information content (AvgIpc) is 2.90. The summed E-state index contributed by atoms with van der Waals surface area (Å²) < 4.78 is 0. The van der Waals surface area contributed by atoms with Gasteiger partial charge in [-0.3, -0.25) is 4.90 Å². The number of urea groups is 1. The van der Waals surface area contributed by atoms with Crippen molar-refractivity contribution in [3.63, 3.8) is 0 Å². The van der Waals surface area contributed by atoms with Crippen LogP contribution in [0.2, 0.25) is 0 Å². The van der Waals surface area contributed by atoms with Crippen molar-refractivity contribution < 1.29 is 4.79 Å². The fourth-order valence-corrected chi connectivity index (χ4v) is 2.76. The second-order valence-electron chi connectivity index (χ2n) is 5.33. The van der Waals surface area contributed by atoms with Crippen LogP contribution in [0.1, 0.15) is 39.0 Å². The van der Waals surface area contributed by atoms with Gasteiger partial charge in [0.2, 0.25) is 0 Å². The van der Waals surface area contributed by atoms with Gasteiger partial charge < -0.3 is 10.2 Å². The highest BCUT2D eigenvalue weighted by molar-refractivity contribution is 5.74. The average molecular weight is 239 g/mol. The molecule has 0 saturated carbocycles. The zero-order valence-corrected chi connectivity index (χ0v) is 11.0. The second kappa shape index (κ2) is 6.24. The molecular weight excluding hydrogens is 214 g/mol. The molecule has 0 aromatic heterocycles. The number of nitrogens with one attached hydrogen (secondary N) is 1. The summed E-state index contributed by atoms with van der Waals surface area (Å²) in [7, 11) is 0. The lowest BCUT2D eigenvalue weighted by Crippen LogP contribution is -2.47. The van der Waals surface area contributed by atoms with E-state index >= 15 is 0 Å². The molecule has 2 rings (SSSR count). The van der Waals surface area contributed by atoms with Gasteiger partial charge in [-0.05, 0) is 52.1 Å². The minimum Gasteiger partial charge on any atom is -0.336 e. The molecule has 2 aliphatic heterocycles. The normalized spacial score (nSPS) is 23.7. The molecule has 0 aromatic carbocycles. The van der Waals surface area contributed by atoms with Gasteiger partial charge in [0, 0.05) is 25.7 Å². The van der Waals surface area contributed by atoms with E-state index in [0.29, 0.717) is 6.04 Å². The van der Waals surface area contributed by atoms with Crippen LogP contribution in [0.3, 0.4) is 0 Å². The molecule has 2 heterocycles. The zero-order valence-electron chi connectivity index (χ0n) is 11.0. The molecule has 0 spiro atoms. The second-order valence-corrected chi connectivity index (χ2v) is 5.33. The van der Waals surface area contributed by atoms with Gasteiger partial charge in [0.15, 0.2) is 0 Å². The first kappa shape index (κ1) is 12.7. The molecule has 98 valence electrons. The van der Waals surface area contributed by atoms with Gasteiger partial charge in [0.25, 0.3) is 0 Å². The SMILES string of the molecule is CC(CNC(=O)N1CCCCC1)N1CCCC1. The topological polar surface area (TPSA) is 35.6 Å². The Bertz CT molecular complexity index is 245. The number of amides is 2. The van der Waals surface area contributed by atoms with E-state index in [4.69, 9.17) is 0 Å². The van der Waals surface area contributed by atoms with Gasteiger partial charge in [-0.1, -0.05) is 0 Å². The van der Waals surface area contributed by atoms with Gasteiger partial charge in [0.05, 0.1) is 0 Å². The summed E-state index contributed by atoms with van der Waals surface area (Å²) in [6.45, 7) is 7.26. The number of likely N-dealkylation sites (tertiary alicyclic amines) is 2. The summed E-state index contributed by atoms with van der Waals surface area (Å²) in [4.78, 5) is 16.3. The van der Waals surface area contributed by atoms with Crippen LogP contribution in [0.4, 0.5) is 4.79 Å². The van der Waals surface area contributed by atoms with Crippen molar-refractivity contribution in [1.29, 1.82) is 0 Å². The van der Waals surface area contributed by atoms with Crippen LogP contribution in [-0.2, 0) is 0 Å². The summed E-state index contributed by atoms with van der Waals surface area (Å²) >= 11 is 0. The zero-order chi connectivity index (χ0) is 12.1. The highest BCUT2D eigenvalue weighted by Gasteiger charge is 2.20. The van der Waals surface area contributed by atoms with Crippen molar-refractivity contribution in [3.05, 3.63) is 0 Å².